The molecule has 34 heavy (non-hydrogen) atoms. The number of anilines is 1. The Bertz CT molecular complexity index is 1210. The Balaban J connectivity index is 1.66. The average molecular weight is 477 g/mol. The summed E-state index contributed by atoms with van der Waals surface area (Å²) in [5.74, 6) is 1.23. The predicted molar refractivity (Wildman–Crippen MR) is 134 cm³/mol. The first-order chi connectivity index (χ1) is 16.4. The van der Waals surface area contributed by atoms with Crippen LogP contribution in [0.1, 0.15) is 48.4 Å². The van der Waals surface area contributed by atoms with E-state index in [1.807, 2.05) is 38.1 Å². The molecule has 0 aliphatic heterocycles. The summed E-state index contributed by atoms with van der Waals surface area (Å²) in [6.45, 7) is 8.94. The van der Waals surface area contributed by atoms with Crippen LogP contribution in [0.15, 0.2) is 48.0 Å². The molecule has 0 atom stereocenters. The number of nitrogens with one attached hydrogen (secondary N) is 1. The zero-order chi connectivity index (χ0) is 24.5. The van der Waals surface area contributed by atoms with Crippen molar-refractivity contribution in [1.82, 2.24) is 10.2 Å². The molecule has 2 aromatic carbocycles. The maximum atomic E-state index is 12.6. The molecule has 1 N–H and O–H groups in total. The topological polar surface area (TPSA) is 97.1 Å². The van der Waals surface area contributed by atoms with Crippen LogP contribution in [0.5, 0.6) is 11.5 Å². The van der Waals surface area contributed by atoms with Gasteiger partial charge in [0.2, 0.25) is 5.13 Å². The Hall–Kier alpha value is -3.70. The van der Waals surface area contributed by atoms with Gasteiger partial charge < -0.3 is 9.47 Å². The summed E-state index contributed by atoms with van der Waals surface area (Å²) in [4.78, 5) is 12.6. The summed E-state index contributed by atoms with van der Waals surface area (Å²) < 4.78 is 11.9. The van der Waals surface area contributed by atoms with Gasteiger partial charge in [0.15, 0.2) is 0 Å². The van der Waals surface area contributed by atoms with Crippen LogP contribution >= 0.6 is 11.3 Å². The largest absolute Gasteiger partial charge is 0.490 e. The maximum absolute atomic E-state index is 12.6. The van der Waals surface area contributed by atoms with Crippen LogP contribution in [-0.4, -0.2) is 29.3 Å². The Morgan fingerprint density at radius 1 is 1.15 bits per heavy atom. The molecule has 3 rings (SSSR count). The summed E-state index contributed by atoms with van der Waals surface area (Å²) in [7, 11) is 0. The molecule has 0 saturated carbocycles. The molecule has 0 saturated heterocycles. The minimum absolute atomic E-state index is 0.0538. The van der Waals surface area contributed by atoms with E-state index >= 15 is 0 Å². The monoisotopic (exact) mass is 476 g/mol. The lowest BCUT2D eigenvalue weighted by atomic mass is 10.0. The third-order valence-corrected chi connectivity index (χ3v) is 5.95. The van der Waals surface area contributed by atoms with Crippen LogP contribution in [0, 0.1) is 18.3 Å². The minimum Gasteiger partial charge on any atom is -0.490 e. The van der Waals surface area contributed by atoms with Crippen LogP contribution in [0.2, 0.25) is 0 Å². The Morgan fingerprint density at radius 3 is 2.56 bits per heavy atom. The Kier molecular flexibility index (Phi) is 8.77. The zero-order valence-corrected chi connectivity index (χ0v) is 20.6. The highest BCUT2D eigenvalue weighted by molar-refractivity contribution is 7.15. The second kappa shape index (κ2) is 12.0. The molecule has 0 fully saturated rings. The summed E-state index contributed by atoms with van der Waals surface area (Å²) in [6, 6.07) is 15.4. The van der Waals surface area contributed by atoms with Gasteiger partial charge in [0.1, 0.15) is 41.4 Å². The lowest BCUT2D eigenvalue weighted by molar-refractivity contribution is -0.112. The minimum atomic E-state index is -0.542. The van der Waals surface area contributed by atoms with E-state index in [1.54, 1.807) is 12.1 Å². The normalized spacial score (nSPS) is 11.2. The number of carbonyl (C=O) groups is 1. The number of amides is 1. The molecule has 0 unspecified atom stereocenters. The summed E-state index contributed by atoms with van der Waals surface area (Å²) >= 11 is 1.28. The van der Waals surface area contributed by atoms with Gasteiger partial charge >= 0.3 is 0 Å². The van der Waals surface area contributed by atoms with Crippen molar-refractivity contribution in [1.29, 1.82) is 5.26 Å². The number of carbonyl (C=O) groups excluding carboxylic acids is 1. The van der Waals surface area contributed by atoms with Crippen molar-refractivity contribution in [2.75, 3.05) is 18.5 Å². The molecule has 176 valence electrons. The molecule has 0 bridgehead atoms. The smallest absolute Gasteiger partial charge is 0.268 e. The van der Waals surface area contributed by atoms with Crippen molar-refractivity contribution < 1.29 is 14.3 Å². The Morgan fingerprint density at radius 2 is 1.88 bits per heavy atom. The molecule has 1 aromatic heterocycles. The predicted octanol–water partition coefficient (Wildman–Crippen LogP) is 5.54. The van der Waals surface area contributed by atoms with Crippen molar-refractivity contribution in [2.24, 2.45) is 0 Å². The highest BCUT2D eigenvalue weighted by Crippen LogP contribution is 2.28. The number of hydrogen-bond donors (Lipinski definition) is 1. The highest BCUT2D eigenvalue weighted by Gasteiger charge is 2.14. The van der Waals surface area contributed by atoms with Gasteiger partial charge in [-0.25, -0.2) is 0 Å². The maximum Gasteiger partial charge on any atom is 0.268 e. The third kappa shape index (κ3) is 6.65. The molecule has 1 heterocycles. The summed E-state index contributed by atoms with van der Waals surface area (Å²) in [6.07, 6.45) is 2.23. The molecule has 0 aliphatic rings. The van der Waals surface area contributed by atoms with Gasteiger partial charge in [-0.1, -0.05) is 62.4 Å². The van der Waals surface area contributed by atoms with E-state index in [-0.39, 0.29) is 5.57 Å². The van der Waals surface area contributed by atoms with E-state index in [0.29, 0.717) is 35.6 Å². The molecule has 3 aromatic rings. The van der Waals surface area contributed by atoms with Gasteiger partial charge in [-0.3, -0.25) is 10.1 Å². The van der Waals surface area contributed by atoms with Crippen molar-refractivity contribution in [3.63, 3.8) is 0 Å². The first kappa shape index (κ1) is 24.9. The quantitative estimate of drug-likeness (QED) is 0.235. The fraction of sp³-hybridized carbons (Fsp3) is 0.308. The molecule has 0 aliphatic carbocycles. The van der Waals surface area contributed by atoms with Gasteiger partial charge in [-0.2, -0.15) is 5.26 Å². The summed E-state index contributed by atoms with van der Waals surface area (Å²) in [5.41, 5.74) is 2.86. The van der Waals surface area contributed by atoms with Gasteiger partial charge in [0.25, 0.3) is 5.91 Å². The van der Waals surface area contributed by atoms with E-state index in [2.05, 4.69) is 41.5 Å². The van der Waals surface area contributed by atoms with Crippen LogP contribution < -0.4 is 14.8 Å². The SMILES string of the molecule is CCc1nnc(NC(=O)/C(C#N)=C\c2ccccc2OCCOc2cc(C)ccc2C(C)C)s1. The van der Waals surface area contributed by atoms with E-state index < -0.39 is 5.91 Å². The average Bonchev–Trinajstić information content (AvgIpc) is 3.28. The van der Waals surface area contributed by atoms with E-state index in [9.17, 15) is 10.1 Å². The second-order valence-electron chi connectivity index (χ2n) is 7.91. The van der Waals surface area contributed by atoms with Gasteiger partial charge in [0, 0.05) is 5.56 Å². The standard InChI is InChI=1S/C26H28N4O3S/c1-5-24-29-30-26(34-24)28-25(31)20(16-27)15-19-8-6-7-9-22(19)32-12-13-33-23-14-18(4)10-11-21(23)17(2)3/h6-11,14-15,17H,5,12-13H2,1-4H3,(H,28,30,31)/b20-15-. The van der Waals surface area contributed by atoms with Crippen LogP contribution in [0.4, 0.5) is 5.13 Å². The van der Waals surface area contributed by atoms with Crippen LogP contribution in [0.3, 0.4) is 0 Å². The molecule has 7 nitrogen and oxygen atoms in total. The number of ether oxygens (including phenoxy) is 2. The third-order valence-electron chi connectivity index (χ3n) is 4.96. The Labute approximate surface area is 204 Å². The number of aromatic nitrogens is 2. The first-order valence-electron chi connectivity index (χ1n) is 11.1. The number of nitrogens with zero attached hydrogens (tertiary/aromatic N) is 3. The molecule has 0 radical (unpaired) electrons. The molecule has 0 spiro atoms. The van der Waals surface area contributed by atoms with Crippen molar-refractivity contribution in [3.8, 4) is 17.6 Å². The highest BCUT2D eigenvalue weighted by atomic mass is 32.1. The lowest BCUT2D eigenvalue weighted by Gasteiger charge is -2.15. The molecular formula is C26H28N4O3S. The van der Waals surface area contributed by atoms with Gasteiger partial charge in [0.05, 0.1) is 0 Å². The number of nitriles is 1. The van der Waals surface area contributed by atoms with E-state index in [0.717, 1.165) is 28.3 Å². The van der Waals surface area contributed by atoms with Crippen molar-refractivity contribution in [3.05, 3.63) is 69.7 Å². The van der Waals surface area contributed by atoms with Gasteiger partial charge in [-0.15, -0.1) is 10.2 Å². The first-order valence-corrected chi connectivity index (χ1v) is 11.9. The van der Waals surface area contributed by atoms with Crippen molar-refractivity contribution in [2.45, 2.75) is 40.0 Å². The molecular weight excluding hydrogens is 448 g/mol. The molecule has 1 amide bonds. The van der Waals surface area contributed by atoms with Crippen LogP contribution in [-0.2, 0) is 11.2 Å². The van der Waals surface area contributed by atoms with Crippen molar-refractivity contribution >= 4 is 28.5 Å². The number of aryl methyl sites for hydroxylation is 2. The summed E-state index contributed by atoms with van der Waals surface area (Å²) in [5, 5.41) is 21.2. The zero-order valence-electron chi connectivity index (χ0n) is 19.8. The lowest BCUT2D eigenvalue weighted by Crippen LogP contribution is -2.13. The van der Waals surface area contributed by atoms with E-state index in [1.165, 1.54) is 17.4 Å². The van der Waals surface area contributed by atoms with E-state index in [4.69, 9.17) is 9.47 Å². The number of rotatable bonds is 10. The number of benzene rings is 2. The fourth-order valence-corrected chi connectivity index (χ4v) is 3.87. The fourth-order valence-electron chi connectivity index (χ4n) is 3.19. The number of para-hydroxylation sites is 1. The number of hydrogen-bond acceptors (Lipinski definition) is 7. The second-order valence-corrected chi connectivity index (χ2v) is 8.97. The van der Waals surface area contributed by atoms with Crippen LogP contribution in [0.25, 0.3) is 6.08 Å². The van der Waals surface area contributed by atoms with Gasteiger partial charge in [-0.05, 0) is 48.6 Å². The molecule has 8 heteroatoms.